The maximum atomic E-state index is 15.7. The van der Waals surface area contributed by atoms with Gasteiger partial charge in [0.1, 0.15) is 0 Å². The first-order chi connectivity index (χ1) is 20.5. The first-order valence-electron chi connectivity index (χ1n) is 14.4. The summed E-state index contributed by atoms with van der Waals surface area (Å²) in [7, 11) is 0. The van der Waals surface area contributed by atoms with E-state index in [0.717, 1.165) is 65.3 Å². The van der Waals surface area contributed by atoms with Gasteiger partial charge in [-0.05, 0) is 105 Å². The molecule has 0 aromatic heterocycles. The molecule has 2 heterocycles. The zero-order chi connectivity index (χ0) is 28.5. The molecular formula is C39H28N2O. The Morgan fingerprint density at radius 3 is 1.38 bits per heavy atom. The van der Waals surface area contributed by atoms with Gasteiger partial charge in [0.25, 0.3) is 0 Å². The number of carbonyl (C=O) groups excluding carboxylic acids is 1. The monoisotopic (exact) mass is 540 g/mol. The van der Waals surface area contributed by atoms with E-state index in [1.807, 2.05) is 36.4 Å². The molecule has 0 aliphatic carbocycles. The van der Waals surface area contributed by atoms with E-state index >= 15 is 4.79 Å². The summed E-state index contributed by atoms with van der Waals surface area (Å²) < 4.78 is 0. The first kappa shape index (κ1) is 24.6. The van der Waals surface area contributed by atoms with Crippen LogP contribution < -0.4 is 0 Å². The maximum Gasteiger partial charge on any atom is 0.204 e. The summed E-state index contributed by atoms with van der Waals surface area (Å²) in [5.74, 6) is -0.0803. The summed E-state index contributed by atoms with van der Waals surface area (Å²) >= 11 is 0. The van der Waals surface area contributed by atoms with Gasteiger partial charge in [-0.2, -0.15) is 0 Å². The van der Waals surface area contributed by atoms with Crippen LogP contribution in [0, 0.1) is 13.8 Å². The molecule has 0 saturated carbocycles. The Kier molecular flexibility index (Phi) is 5.23. The minimum atomic E-state index is -1.27. The Balaban J connectivity index is 1.51. The smallest absolute Gasteiger partial charge is 0.204 e. The van der Waals surface area contributed by atoms with Crippen molar-refractivity contribution in [3.05, 3.63) is 144 Å². The van der Waals surface area contributed by atoms with Crippen LogP contribution in [-0.2, 0) is 15.9 Å². The molecule has 2 aliphatic rings. The average molecular weight is 541 g/mol. The van der Waals surface area contributed by atoms with E-state index < -0.39 is 11.1 Å². The Morgan fingerprint density at radius 1 is 0.524 bits per heavy atom. The number of aryl methyl sites for hydroxylation is 2. The predicted octanol–water partition coefficient (Wildman–Crippen LogP) is 8.86. The molecule has 0 amide bonds. The summed E-state index contributed by atoms with van der Waals surface area (Å²) in [6, 6.07) is 33.7. The van der Waals surface area contributed by atoms with Crippen molar-refractivity contribution in [2.24, 2.45) is 9.98 Å². The highest BCUT2D eigenvalue weighted by Gasteiger charge is 2.53. The number of Topliss-reactive ketones (excluding diaryl/α,β-unsaturated/α-hetero) is 1. The molecule has 3 heteroatoms. The van der Waals surface area contributed by atoms with Crippen LogP contribution in [0.15, 0.2) is 131 Å². The van der Waals surface area contributed by atoms with E-state index in [0.29, 0.717) is 0 Å². The van der Waals surface area contributed by atoms with Gasteiger partial charge in [-0.15, -0.1) is 0 Å². The van der Waals surface area contributed by atoms with Crippen LogP contribution in [0.5, 0.6) is 0 Å². The van der Waals surface area contributed by atoms with Crippen LogP contribution in [-0.4, -0.2) is 18.2 Å². The van der Waals surface area contributed by atoms with Crippen molar-refractivity contribution in [3.63, 3.8) is 0 Å². The van der Waals surface area contributed by atoms with E-state index in [1.165, 1.54) is 0 Å². The topological polar surface area (TPSA) is 41.8 Å². The van der Waals surface area contributed by atoms with Crippen LogP contribution in [0.3, 0.4) is 0 Å². The lowest BCUT2D eigenvalue weighted by Crippen LogP contribution is -2.45. The molecule has 2 aliphatic heterocycles. The lowest BCUT2D eigenvalue weighted by atomic mass is 9.70. The van der Waals surface area contributed by atoms with Gasteiger partial charge in [0.2, 0.25) is 5.78 Å². The van der Waals surface area contributed by atoms with Crippen molar-refractivity contribution in [3.8, 4) is 0 Å². The van der Waals surface area contributed by atoms with Crippen molar-refractivity contribution in [1.29, 1.82) is 0 Å². The van der Waals surface area contributed by atoms with Gasteiger partial charge in [-0.25, -0.2) is 0 Å². The predicted molar refractivity (Wildman–Crippen MR) is 176 cm³/mol. The van der Waals surface area contributed by atoms with Crippen LogP contribution in [0.1, 0.15) is 22.3 Å². The number of benzene rings is 6. The molecule has 42 heavy (non-hydrogen) atoms. The highest BCUT2D eigenvalue weighted by molar-refractivity contribution is 6.18. The van der Waals surface area contributed by atoms with Crippen LogP contribution >= 0.6 is 0 Å². The van der Waals surface area contributed by atoms with Gasteiger partial charge >= 0.3 is 0 Å². The molecule has 0 fully saturated rings. The minimum Gasteiger partial charge on any atom is -0.293 e. The molecule has 0 N–H and O–H groups in total. The molecule has 0 saturated heterocycles. The molecule has 6 aromatic carbocycles. The molecule has 2 atom stereocenters. The highest BCUT2D eigenvalue weighted by Crippen LogP contribution is 2.50. The zero-order valence-electron chi connectivity index (χ0n) is 23.5. The molecule has 0 bridgehead atoms. The molecule has 200 valence electrons. The average Bonchev–Trinajstić information content (AvgIpc) is 3.71. The number of fused-ring (bicyclic) bond motifs is 4. The quantitative estimate of drug-likeness (QED) is 0.206. The lowest BCUT2D eigenvalue weighted by molar-refractivity contribution is -0.126. The molecule has 0 radical (unpaired) electrons. The number of carbonyl (C=O) groups is 1. The molecule has 8 rings (SSSR count). The fourth-order valence-electron chi connectivity index (χ4n) is 7.16. The zero-order valence-corrected chi connectivity index (χ0v) is 23.5. The van der Waals surface area contributed by atoms with Gasteiger partial charge < -0.3 is 0 Å². The van der Waals surface area contributed by atoms with Gasteiger partial charge in [0, 0.05) is 23.6 Å². The lowest BCUT2D eigenvalue weighted by Gasteiger charge is -2.35. The standard InChI is InChI=1S/C39H28N2O/c1-25-11-7-17-31-33(25)23-27-13-3-5-15-29(27)35(31)38(19-9-21-40-38)37(42)39(20-10-22-41-39)36-30-16-6-4-14-28(30)24-34-26(2)12-8-18-32(34)36/h3-24H,1-2H3. The van der Waals surface area contributed by atoms with Crippen molar-refractivity contribution in [2.75, 3.05) is 0 Å². The summed E-state index contributed by atoms with van der Waals surface area (Å²) in [4.78, 5) is 25.8. The Bertz CT molecular complexity index is 2070. The molecule has 6 aromatic rings. The fraction of sp³-hybridized carbons (Fsp3) is 0.103. The summed E-state index contributed by atoms with van der Waals surface area (Å²) in [5.41, 5.74) is 1.60. The van der Waals surface area contributed by atoms with Crippen LogP contribution in [0.2, 0.25) is 0 Å². The van der Waals surface area contributed by atoms with Crippen molar-refractivity contribution in [2.45, 2.75) is 24.9 Å². The van der Waals surface area contributed by atoms with Gasteiger partial charge in [0.15, 0.2) is 11.1 Å². The number of nitrogens with zero attached hydrogens (tertiary/aromatic N) is 2. The summed E-state index contributed by atoms with van der Waals surface area (Å²) in [6.07, 6.45) is 11.3. The number of allylic oxidation sites excluding steroid dienone is 2. The number of hydrogen-bond donors (Lipinski definition) is 0. The van der Waals surface area contributed by atoms with Crippen molar-refractivity contribution < 1.29 is 4.79 Å². The number of ketones is 1. The van der Waals surface area contributed by atoms with Crippen LogP contribution in [0.4, 0.5) is 0 Å². The normalized spacial score (nSPS) is 21.0. The van der Waals surface area contributed by atoms with Crippen LogP contribution in [0.25, 0.3) is 43.1 Å². The van der Waals surface area contributed by atoms with Crippen molar-refractivity contribution >= 4 is 61.3 Å². The second-order valence-electron chi connectivity index (χ2n) is 11.4. The summed E-state index contributed by atoms with van der Waals surface area (Å²) in [5, 5.41) is 8.53. The SMILES string of the molecule is Cc1cccc2c(C3(C(=O)C4(c5c6ccccc6cc6c(C)cccc56)C=CC=N4)C=CC=N3)c3ccccc3cc12. The van der Waals surface area contributed by atoms with E-state index in [-0.39, 0.29) is 5.78 Å². The third-order valence-corrected chi connectivity index (χ3v) is 9.10. The van der Waals surface area contributed by atoms with Gasteiger partial charge in [-0.1, -0.05) is 84.9 Å². The second kappa shape index (κ2) is 8.92. The fourth-order valence-corrected chi connectivity index (χ4v) is 7.16. The van der Waals surface area contributed by atoms with E-state index in [2.05, 4.69) is 98.8 Å². The second-order valence-corrected chi connectivity index (χ2v) is 11.4. The maximum absolute atomic E-state index is 15.7. The van der Waals surface area contributed by atoms with E-state index in [4.69, 9.17) is 9.98 Å². The number of hydrogen-bond acceptors (Lipinski definition) is 3. The summed E-state index contributed by atoms with van der Waals surface area (Å²) in [6.45, 7) is 4.25. The highest BCUT2D eigenvalue weighted by atomic mass is 16.1. The van der Waals surface area contributed by atoms with Crippen molar-refractivity contribution in [1.82, 2.24) is 0 Å². The Morgan fingerprint density at radius 2 is 0.952 bits per heavy atom. The Hall–Kier alpha value is -5.15. The third-order valence-electron chi connectivity index (χ3n) is 9.10. The van der Waals surface area contributed by atoms with E-state index in [9.17, 15) is 0 Å². The molecule has 0 spiro atoms. The number of aliphatic imine (C=N–C) groups is 2. The van der Waals surface area contributed by atoms with Gasteiger partial charge in [0.05, 0.1) is 0 Å². The first-order valence-corrected chi connectivity index (χ1v) is 14.4. The van der Waals surface area contributed by atoms with Gasteiger partial charge in [-0.3, -0.25) is 14.8 Å². The third kappa shape index (κ3) is 3.25. The molecular weight excluding hydrogens is 512 g/mol. The molecule has 3 nitrogen and oxygen atoms in total. The van der Waals surface area contributed by atoms with E-state index in [1.54, 1.807) is 12.4 Å². The number of rotatable bonds is 4. The minimum absolute atomic E-state index is 0.0803. The molecule has 2 unspecified atom stereocenters. The Labute approximate surface area is 244 Å². The largest absolute Gasteiger partial charge is 0.293 e.